The van der Waals surface area contributed by atoms with E-state index < -0.39 is 77.0 Å². The summed E-state index contributed by atoms with van der Waals surface area (Å²) in [5.41, 5.74) is -0.393. The molecule has 1 unspecified atom stereocenters. The van der Waals surface area contributed by atoms with Crippen molar-refractivity contribution in [1.82, 2.24) is 10.2 Å². The number of benzene rings is 2. The maximum Gasteiger partial charge on any atom is 0.313 e. The third-order valence-electron chi connectivity index (χ3n) is 10.8. The van der Waals surface area contributed by atoms with Gasteiger partial charge in [0, 0.05) is 24.9 Å². The van der Waals surface area contributed by atoms with Crippen molar-refractivity contribution in [1.29, 1.82) is 0 Å². The van der Waals surface area contributed by atoms with Gasteiger partial charge in [-0.3, -0.25) is 19.2 Å². The standard InChI is InChI=1S/C40H49BrClN3O8/c1-6-9-19-31(47)43-28(23-51-5)34(25-15-11-10-12-16-25)52-39(50)32-33-37(48)45(30(22-46)24(4)8-3)36(40(33)21-26(41)35(32)53-40)38(49)44(20-7-2)29-18-14-13-17-27(29)42/h6-7,10-18,24,26,28,30,32-36,46H,1-2,8-9,19-23H2,3-5H3,(H,43,47)/t24-,26?,28+,30-,32-,33+,34+,35-,36-,40+/m0/s1. The second-order valence-corrected chi connectivity index (χ2v) is 15.5. The molecule has 3 aliphatic rings. The van der Waals surface area contributed by atoms with Gasteiger partial charge >= 0.3 is 5.97 Å². The van der Waals surface area contributed by atoms with Crippen molar-refractivity contribution >= 4 is 56.9 Å². The third kappa shape index (κ3) is 7.84. The molecule has 3 amide bonds. The second kappa shape index (κ2) is 17.7. The van der Waals surface area contributed by atoms with E-state index in [1.807, 2.05) is 19.9 Å². The molecule has 2 aromatic rings. The fraction of sp³-hybridized carbons (Fsp3) is 0.500. The minimum Gasteiger partial charge on any atom is -0.455 e. The zero-order valence-corrected chi connectivity index (χ0v) is 32.7. The molecule has 0 aliphatic carbocycles. The van der Waals surface area contributed by atoms with E-state index in [9.17, 15) is 19.5 Å². The van der Waals surface area contributed by atoms with E-state index in [1.54, 1.807) is 60.7 Å². The van der Waals surface area contributed by atoms with E-state index in [0.29, 0.717) is 29.1 Å². The van der Waals surface area contributed by atoms with Crippen LogP contribution in [0.15, 0.2) is 79.9 Å². The van der Waals surface area contributed by atoms with E-state index in [0.717, 1.165) is 0 Å². The van der Waals surface area contributed by atoms with Crippen LogP contribution in [-0.2, 0) is 33.4 Å². The number of alkyl halides is 1. The van der Waals surface area contributed by atoms with Crippen molar-refractivity contribution in [2.24, 2.45) is 17.8 Å². The van der Waals surface area contributed by atoms with Gasteiger partial charge in [-0.2, -0.15) is 0 Å². The highest BCUT2D eigenvalue weighted by molar-refractivity contribution is 9.09. The van der Waals surface area contributed by atoms with Crippen LogP contribution in [-0.4, -0.2) is 95.2 Å². The van der Waals surface area contributed by atoms with Crippen molar-refractivity contribution in [3.05, 3.63) is 90.5 Å². The molecule has 2 N–H and O–H groups in total. The number of hydrogen-bond donors (Lipinski definition) is 2. The molecule has 2 bridgehead atoms. The topological polar surface area (TPSA) is 135 Å². The highest BCUT2D eigenvalue weighted by Gasteiger charge is 2.78. The van der Waals surface area contributed by atoms with E-state index >= 15 is 4.79 Å². The quantitative estimate of drug-likeness (QED) is 0.116. The maximum absolute atomic E-state index is 15.1. The van der Waals surface area contributed by atoms with Crippen LogP contribution in [0.3, 0.4) is 0 Å². The molecule has 2 aromatic carbocycles. The number of rotatable bonds is 18. The normalized spacial score (nSPS) is 26.6. The Bertz CT molecular complexity index is 1660. The number of anilines is 1. The van der Waals surface area contributed by atoms with Crippen LogP contribution < -0.4 is 10.2 Å². The lowest BCUT2D eigenvalue weighted by Gasteiger charge is -2.41. The number of methoxy groups -OCH3 is 1. The number of aliphatic hydroxyl groups excluding tert-OH is 1. The number of aliphatic hydroxyl groups is 1. The fourth-order valence-electron chi connectivity index (χ4n) is 8.17. The van der Waals surface area contributed by atoms with Gasteiger partial charge in [0.2, 0.25) is 11.8 Å². The minimum atomic E-state index is -1.44. The highest BCUT2D eigenvalue weighted by Crippen LogP contribution is 2.61. The number of hydrogen-bond acceptors (Lipinski definition) is 8. The molecule has 13 heteroatoms. The van der Waals surface area contributed by atoms with Gasteiger partial charge in [-0.05, 0) is 36.5 Å². The van der Waals surface area contributed by atoms with Crippen LogP contribution in [0.1, 0.15) is 51.2 Å². The number of carbonyl (C=O) groups excluding carboxylic acids is 4. The van der Waals surface area contributed by atoms with Gasteiger partial charge < -0.3 is 34.4 Å². The van der Waals surface area contributed by atoms with Crippen molar-refractivity contribution < 1.29 is 38.5 Å². The zero-order valence-electron chi connectivity index (χ0n) is 30.4. The van der Waals surface area contributed by atoms with Gasteiger partial charge in [0.25, 0.3) is 5.91 Å². The molecule has 1 spiro atoms. The van der Waals surface area contributed by atoms with E-state index in [-0.39, 0.29) is 37.8 Å². The first kappa shape index (κ1) is 40.6. The van der Waals surface area contributed by atoms with E-state index in [4.69, 9.17) is 25.8 Å². The summed E-state index contributed by atoms with van der Waals surface area (Å²) in [6.45, 7) is 11.1. The van der Waals surface area contributed by atoms with Crippen LogP contribution in [0.5, 0.6) is 0 Å². The number of nitrogens with one attached hydrogen (secondary N) is 1. The molecule has 3 aliphatic heterocycles. The smallest absolute Gasteiger partial charge is 0.313 e. The van der Waals surface area contributed by atoms with Gasteiger partial charge in [0.05, 0.1) is 53.9 Å². The SMILES string of the molecule is C=CCCC(=O)N[C@H](COC)[C@H](OC(=O)[C@@H]1[C@H]2O[C@@]3(CC2Br)[C@H](C(=O)N(CC=C)c2ccccc2Cl)N([C@@H](CO)[C@@H](C)CC)C(=O)[C@@H]13)c1ccccc1. The molecular weight excluding hydrogens is 766 g/mol. The van der Waals surface area contributed by atoms with Crippen molar-refractivity contribution in [2.75, 3.05) is 31.8 Å². The van der Waals surface area contributed by atoms with Crippen molar-refractivity contribution in [3.8, 4) is 0 Å². The Labute approximate surface area is 324 Å². The molecule has 0 saturated carbocycles. The van der Waals surface area contributed by atoms with Crippen LogP contribution in [0.25, 0.3) is 0 Å². The maximum atomic E-state index is 15.1. The Morgan fingerprint density at radius 1 is 1.17 bits per heavy atom. The number of fused-ring (bicyclic) bond motifs is 1. The van der Waals surface area contributed by atoms with Crippen LogP contribution in [0.4, 0.5) is 5.69 Å². The lowest BCUT2D eigenvalue weighted by atomic mass is 9.70. The lowest BCUT2D eigenvalue weighted by Crippen LogP contribution is -2.60. The first-order chi connectivity index (χ1) is 25.5. The highest BCUT2D eigenvalue weighted by atomic mass is 79.9. The second-order valence-electron chi connectivity index (χ2n) is 14.0. The molecule has 286 valence electrons. The average Bonchev–Trinajstić information content (AvgIpc) is 3.75. The van der Waals surface area contributed by atoms with Crippen LogP contribution >= 0.6 is 27.5 Å². The monoisotopic (exact) mass is 813 g/mol. The predicted octanol–water partition coefficient (Wildman–Crippen LogP) is 5.40. The number of allylic oxidation sites excluding steroid dienone is 1. The molecule has 0 aromatic heterocycles. The van der Waals surface area contributed by atoms with Crippen LogP contribution in [0.2, 0.25) is 5.02 Å². The Morgan fingerprint density at radius 2 is 1.87 bits per heavy atom. The molecule has 3 heterocycles. The molecule has 3 saturated heterocycles. The molecule has 11 nitrogen and oxygen atoms in total. The molecule has 3 fully saturated rings. The number of nitrogens with zero attached hydrogens (tertiary/aromatic N) is 2. The summed E-state index contributed by atoms with van der Waals surface area (Å²) in [5.74, 6) is -4.32. The van der Waals surface area contributed by atoms with Crippen molar-refractivity contribution in [3.63, 3.8) is 0 Å². The van der Waals surface area contributed by atoms with E-state index in [2.05, 4.69) is 34.4 Å². The van der Waals surface area contributed by atoms with Crippen LogP contribution in [0, 0.1) is 17.8 Å². The average molecular weight is 815 g/mol. The number of amides is 3. The molecule has 10 atom stereocenters. The number of halogens is 2. The molecule has 53 heavy (non-hydrogen) atoms. The number of carbonyl (C=O) groups is 4. The summed E-state index contributed by atoms with van der Waals surface area (Å²) >= 11 is 10.4. The predicted molar refractivity (Wildman–Crippen MR) is 205 cm³/mol. The van der Waals surface area contributed by atoms with Crippen molar-refractivity contribution in [2.45, 2.75) is 80.3 Å². The Kier molecular flexibility index (Phi) is 13.6. The summed E-state index contributed by atoms with van der Waals surface area (Å²) in [5, 5.41) is 14.1. The summed E-state index contributed by atoms with van der Waals surface area (Å²) in [4.78, 5) is 60.2. The summed E-state index contributed by atoms with van der Waals surface area (Å²) in [6, 6.07) is 13.2. The Hall–Kier alpha value is -3.55. The van der Waals surface area contributed by atoms with Gasteiger partial charge in [0.15, 0.2) is 0 Å². The number of ether oxygens (including phenoxy) is 3. The number of esters is 1. The fourth-order valence-corrected chi connectivity index (χ4v) is 9.35. The third-order valence-corrected chi connectivity index (χ3v) is 12.0. The molecule has 5 rings (SSSR count). The Balaban J connectivity index is 1.58. The van der Waals surface area contributed by atoms with Gasteiger partial charge in [0.1, 0.15) is 17.7 Å². The summed E-state index contributed by atoms with van der Waals surface area (Å²) < 4.78 is 18.6. The van der Waals surface area contributed by atoms with Gasteiger partial charge in [-0.15, -0.1) is 13.2 Å². The van der Waals surface area contributed by atoms with Gasteiger partial charge in [-0.25, -0.2) is 0 Å². The first-order valence-electron chi connectivity index (χ1n) is 18.1. The van der Waals surface area contributed by atoms with E-state index in [1.165, 1.54) is 16.9 Å². The summed E-state index contributed by atoms with van der Waals surface area (Å²) in [6.07, 6.45) is 2.94. The minimum absolute atomic E-state index is 0.0310. The number of likely N-dealkylation sites (tertiary alicyclic amines) is 1. The Morgan fingerprint density at radius 3 is 2.49 bits per heavy atom. The zero-order chi connectivity index (χ0) is 38.4. The molecular formula is C40H49BrClN3O8. The largest absolute Gasteiger partial charge is 0.455 e. The lowest BCUT2D eigenvalue weighted by molar-refractivity contribution is -0.163. The molecule has 0 radical (unpaired) electrons. The number of para-hydroxylation sites is 1. The van der Waals surface area contributed by atoms with Gasteiger partial charge in [-0.1, -0.05) is 102 Å². The first-order valence-corrected chi connectivity index (χ1v) is 19.3. The summed E-state index contributed by atoms with van der Waals surface area (Å²) in [7, 11) is 1.49.